The van der Waals surface area contributed by atoms with Crippen molar-refractivity contribution >= 4 is 11.6 Å². The molecule has 1 aromatic heterocycles. The summed E-state index contributed by atoms with van der Waals surface area (Å²) in [5, 5.41) is 9.26. The first-order chi connectivity index (χ1) is 7.02. The topological polar surface area (TPSA) is 75.3 Å². The fraction of sp³-hybridized carbons (Fsp3) is 0.600. The molecular weight excluding hydrogens is 192 g/mol. The molecule has 0 saturated carbocycles. The summed E-state index contributed by atoms with van der Waals surface area (Å²) in [7, 11) is 1.87. The standard InChI is InChI=1S/C10H18N4O/c1-4-9-12-8(11)5-10(13-9)14(3)6-7(2)15/h5,7,15H,4,6H2,1-3H3,(H2,11,12,13). The van der Waals surface area contributed by atoms with Crippen molar-refractivity contribution in [3.63, 3.8) is 0 Å². The summed E-state index contributed by atoms with van der Waals surface area (Å²) in [6, 6.07) is 1.71. The van der Waals surface area contributed by atoms with E-state index < -0.39 is 6.10 Å². The van der Waals surface area contributed by atoms with Gasteiger partial charge in [-0.05, 0) is 6.92 Å². The van der Waals surface area contributed by atoms with Crippen LogP contribution in [-0.4, -0.2) is 34.8 Å². The third kappa shape index (κ3) is 3.36. The Bertz CT molecular complexity index is 327. The fourth-order valence-corrected chi connectivity index (χ4v) is 1.35. The van der Waals surface area contributed by atoms with Crippen molar-refractivity contribution in [2.45, 2.75) is 26.4 Å². The quantitative estimate of drug-likeness (QED) is 0.754. The van der Waals surface area contributed by atoms with Gasteiger partial charge in [0.1, 0.15) is 17.5 Å². The number of aliphatic hydroxyl groups is 1. The maximum absolute atomic E-state index is 9.26. The van der Waals surface area contributed by atoms with Crippen LogP contribution in [0, 0.1) is 0 Å². The summed E-state index contributed by atoms with van der Waals surface area (Å²) in [5.41, 5.74) is 5.66. The van der Waals surface area contributed by atoms with Crippen molar-refractivity contribution in [3.8, 4) is 0 Å². The summed E-state index contributed by atoms with van der Waals surface area (Å²) in [5.74, 6) is 1.94. The van der Waals surface area contributed by atoms with Crippen LogP contribution in [0.2, 0.25) is 0 Å². The van der Waals surface area contributed by atoms with Gasteiger partial charge in [-0.15, -0.1) is 0 Å². The van der Waals surface area contributed by atoms with Crippen LogP contribution in [0.25, 0.3) is 0 Å². The average Bonchev–Trinajstić information content (AvgIpc) is 2.15. The highest BCUT2D eigenvalue weighted by Crippen LogP contribution is 2.13. The molecule has 0 saturated heterocycles. The molecule has 15 heavy (non-hydrogen) atoms. The van der Waals surface area contributed by atoms with E-state index in [9.17, 15) is 5.11 Å². The van der Waals surface area contributed by atoms with E-state index in [1.165, 1.54) is 0 Å². The van der Waals surface area contributed by atoms with Crippen molar-refractivity contribution in [2.24, 2.45) is 0 Å². The van der Waals surface area contributed by atoms with Crippen molar-refractivity contribution in [1.29, 1.82) is 0 Å². The predicted molar refractivity (Wildman–Crippen MR) is 60.8 cm³/mol. The third-order valence-corrected chi connectivity index (χ3v) is 2.02. The van der Waals surface area contributed by atoms with Crippen LogP contribution in [0.3, 0.4) is 0 Å². The van der Waals surface area contributed by atoms with Crippen LogP contribution in [0.15, 0.2) is 6.07 Å². The van der Waals surface area contributed by atoms with Gasteiger partial charge in [0.05, 0.1) is 6.10 Å². The smallest absolute Gasteiger partial charge is 0.134 e. The largest absolute Gasteiger partial charge is 0.392 e. The van der Waals surface area contributed by atoms with Gasteiger partial charge in [0.2, 0.25) is 0 Å². The molecule has 1 rings (SSSR count). The minimum Gasteiger partial charge on any atom is -0.392 e. The first-order valence-corrected chi connectivity index (χ1v) is 5.05. The number of aryl methyl sites for hydroxylation is 1. The molecule has 84 valence electrons. The Morgan fingerprint density at radius 1 is 1.53 bits per heavy atom. The van der Waals surface area contributed by atoms with E-state index in [4.69, 9.17) is 5.73 Å². The van der Waals surface area contributed by atoms with Gasteiger partial charge in [-0.3, -0.25) is 0 Å². The molecule has 5 nitrogen and oxygen atoms in total. The zero-order valence-electron chi connectivity index (χ0n) is 9.44. The predicted octanol–water partition coefficient (Wildman–Crippen LogP) is 0.438. The Kier molecular flexibility index (Phi) is 3.85. The summed E-state index contributed by atoms with van der Waals surface area (Å²) < 4.78 is 0. The molecule has 0 aliphatic carbocycles. The first kappa shape index (κ1) is 11.7. The van der Waals surface area contributed by atoms with Gasteiger partial charge >= 0.3 is 0 Å². The second kappa shape index (κ2) is 4.93. The fourth-order valence-electron chi connectivity index (χ4n) is 1.35. The molecule has 0 aliphatic heterocycles. The number of aliphatic hydroxyl groups excluding tert-OH is 1. The van der Waals surface area contributed by atoms with Gasteiger partial charge in [-0.2, -0.15) is 0 Å². The summed E-state index contributed by atoms with van der Waals surface area (Å²) in [4.78, 5) is 10.3. The van der Waals surface area contributed by atoms with Crippen LogP contribution >= 0.6 is 0 Å². The zero-order valence-corrected chi connectivity index (χ0v) is 9.44. The summed E-state index contributed by atoms with van der Waals surface area (Å²) >= 11 is 0. The molecule has 0 bridgehead atoms. The van der Waals surface area contributed by atoms with Crippen molar-refractivity contribution < 1.29 is 5.11 Å². The lowest BCUT2D eigenvalue weighted by atomic mass is 10.3. The number of nitrogens with zero attached hydrogens (tertiary/aromatic N) is 3. The van der Waals surface area contributed by atoms with Gasteiger partial charge in [-0.25, -0.2) is 9.97 Å². The molecule has 1 unspecified atom stereocenters. The minimum absolute atomic E-state index is 0.392. The van der Waals surface area contributed by atoms with Crippen LogP contribution in [0.4, 0.5) is 11.6 Å². The molecule has 0 amide bonds. The highest BCUT2D eigenvalue weighted by atomic mass is 16.3. The van der Waals surface area contributed by atoms with Gasteiger partial charge < -0.3 is 15.7 Å². The van der Waals surface area contributed by atoms with Gasteiger partial charge in [0.25, 0.3) is 0 Å². The van der Waals surface area contributed by atoms with Crippen LogP contribution in [-0.2, 0) is 6.42 Å². The third-order valence-electron chi connectivity index (χ3n) is 2.02. The Balaban J connectivity index is 2.88. The second-order valence-electron chi connectivity index (χ2n) is 3.65. The number of nitrogens with two attached hydrogens (primary N) is 1. The summed E-state index contributed by atoms with van der Waals surface area (Å²) in [6.45, 7) is 4.24. The normalized spacial score (nSPS) is 12.5. The SMILES string of the molecule is CCc1nc(N)cc(N(C)CC(C)O)n1. The second-order valence-corrected chi connectivity index (χ2v) is 3.65. The number of nitrogen functional groups attached to an aromatic ring is 1. The van der Waals surface area contributed by atoms with Crippen LogP contribution in [0.1, 0.15) is 19.7 Å². The molecule has 0 spiro atoms. The maximum Gasteiger partial charge on any atom is 0.134 e. The minimum atomic E-state index is -0.392. The van der Waals surface area contributed by atoms with Crippen LogP contribution < -0.4 is 10.6 Å². The first-order valence-electron chi connectivity index (χ1n) is 5.05. The van der Waals surface area contributed by atoms with E-state index in [1.54, 1.807) is 13.0 Å². The Morgan fingerprint density at radius 3 is 2.73 bits per heavy atom. The molecule has 1 atom stereocenters. The van der Waals surface area contributed by atoms with Crippen LogP contribution in [0.5, 0.6) is 0 Å². The Labute approximate surface area is 90.0 Å². The molecular formula is C10H18N4O. The Hall–Kier alpha value is -1.36. The number of hydrogen-bond acceptors (Lipinski definition) is 5. The number of likely N-dealkylation sites (N-methyl/N-ethyl adjacent to an activating group) is 1. The number of rotatable bonds is 4. The molecule has 1 heterocycles. The molecule has 0 aliphatic rings. The monoisotopic (exact) mass is 210 g/mol. The number of hydrogen-bond donors (Lipinski definition) is 2. The van der Waals surface area contributed by atoms with E-state index in [2.05, 4.69) is 9.97 Å². The lowest BCUT2D eigenvalue weighted by molar-refractivity contribution is 0.201. The highest BCUT2D eigenvalue weighted by molar-refractivity contribution is 5.46. The van der Waals surface area contributed by atoms with Gasteiger partial charge in [-0.1, -0.05) is 6.92 Å². The average molecular weight is 210 g/mol. The van der Waals surface area contributed by atoms with Crippen molar-refractivity contribution in [3.05, 3.63) is 11.9 Å². The van der Waals surface area contributed by atoms with Crippen molar-refractivity contribution in [2.75, 3.05) is 24.2 Å². The van der Waals surface area contributed by atoms with E-state index in [1.807, 2.05) is 18.9 Å². The lowest BCUT2D eigenvalue weighted by Crippen LogP contribution is -2.28. The number of anilines is 2. The number of aromatic nitrogens is 2. The van der Waals surface area contributed by atoms with Gasteiger partial charge in [0, 0.05) is 26.1 Å². The zero-order chi connectivity index (χ0) is 11.4. The van der Waals surface area contributed by atoms with Crippen molar-refractivity contribution in [1.82, 2.24) is 9.97 Å². The molecule has 1 aromatic rings. The molecule has 3 N–H and O–H groups in total. The highest BCUT2D eigenvalue weighted by Gasteiger charge is 2.08. The molecule has 0 aromatic carbocycles. The lowest BCUT2D eigenvalue weighted by Gasteiger charge is -2.20. The molecule has 0 fully saturated rings. The summed E-state index contributed by atoms with van der Waals surface area (Å²) in [6.07, 6.45) is 0.358. The maximum atomic E-state index is 9.26. The van der Waals surface area contributed by atoms with E-state index in [0.29, 0.717) is 12.4 Å². The molecule has 5 heteroatoms. The van der Waals surface area contributed by atoms with E-state index >= 15 is 0 Å². The van der Waals surface area contributed by atoms with Gasteiger partial charge in [0.15, 0.2) is 0 Å². The van der Waals surface area contributed by atoms with E-state index in [0.717, 1.165) is 18.1 Å². The molecule has 0 radical (unpaired) electrons. The van der Waals surface area contributed by atoms with E-state index in [-0.39, 0.29) is 0 Å². The Morgan fingerprint density at radius 2 is 2.20 bits per heavy atom.